The minimum absolute atomic E-state index is 0.159. The second-order valence-corrected chi connectivity index (χ2v) is 11.6. The molecule has 0 spiro atoms. The standard InChI is InChI=1S/C17H29N3Si/c1-4-21(5-2,6-3)15-14-17(19-20-18)13-12-16-10-8-7-9-11-16/h7-11,17H,4-6,12-15H2,1-3H3. The Morgan fingerprint density at radius 1 is 1.05 bits per heavy atom. The molecule has 0 amide bonds. The van der Waals surface area contributed by atoms with Crippen molar-refractivity contribution in [2.24, 2.45) is 5.11 Å². The molecule has 3 nitrogen and oxygen atoms in total. The highest BCUT2D eigenvalue weighted by molar-refractivity contribution is 6.79. The average Bonchev–Trinajstić information content (AvgIpc) is 2.55. The molecule has 1 aromatic rings. The van der Waals surface area contributed by atoms with Crippen LogP contribution in [0, 0.1) is 0 Å². The van der Waals surface area contributed by atoms with Gasteiger partial charge in [0.25, 0.3) is 0 Å². The van der Waals surface area contributed by atoms with Gasteiger partial charge in [0.1, 0.15) is 0 Å². The molecular weight excluding hydrogens is 274 g/mol. The molecule has 4 heteroatoms. The topological polar surface area (TPSA) is 48.8 Å². The zero-order valence-corrected chi connectivity index (χ0v) is 14.8. The van der Waals surface area contributed by atoms with Crippen molar-refractivity contribution in [1.82, 2.24) is 0 Å². The Bertz CT molecular complexity index is 428. The van der Waals surface area contributed by atoms with E-state index in [-0.39, 0.29) is 6.04 Å². The number of aryl methyl sites for hydroxylation is 1. The van der Waals surface area contributed by atoms with Crippen molar-refractivity contribution in [2.75, 3.05) is 0 Å². The summed E-state index contributed by atoms with van der Waals surface area (Å²) in [6, 6.07) is 16.0. The van der Waals surface area contributed by atoms with Gasteiger partial charge in [-0.05, 0) is 30.4 Å². The molecule has 1 atom stereocenters. The Morgan fingerprint density at radius 3 is 2.19 bits per heavy atom. The molecule has 21 heavy (non-hydrogen) atoms. The van der Waals surface area contributed by atoms with Crippen LogP contribution in [0.3, 0.4) is 0 Å². The van der Waals surface area contributed by atoms with Gasteiger partial charge >= 0.3 is 0 Å². The molecule has 0 N–H and O–H groups in total. The number of nitrogens with zero attached hydrogens (tertiary/aromatic N) is 3. The smallest absolute Gasteiger partial charge is 0.0527 e. The van der Waals surface area contributed by atoms with E-state index in [2.05, 4.69) is 55.1 Å². The molecule has 0 saturated carbocycles. The lowest BCUT2D eigenvalue weighted by Crippen LogP contribution is -2.32. The van der Waals surface area contributed by atoms with Gasteiger partial charge in [-0.1, -0.05) is 80.4 Å². The summed E-state index contributed by atoms with van der Waals surface area (Å²) in [5.74, 6) is 0. The van der Waals surface area contributed by atoms with Crippen molar-refractivity contribution in [2.45, 2.75) is 70.3 Å². The molecule has 0 heterocycles. The number of azide groups is 1. The van der Waals surface area contributed by atoms with E-state index in [1.165, 1.54) is 29.7 Å². The van der Waals surface area contributed by atoms with E-state index in [0.717, 1.165) is 19.3 Å². The zero-order chi connectivity index (χ0) is 15.6. The second kappa shape index (κ2) is 9.64. The lowest BCUT2D eigenvalue weighted by molar-refractivity contribution is 0.587. The van der Waals surface area contributed by atoms with E-state index in [1.54, 1.807) is 0 Å². The van der Waals surface area contributed by atoms with Crippen LogP contribution in [0.1, 0.15) is 39.2 Å². The Morgan fingerprint density at radius 2 is 1.67 bits per heavy atom. The predicted molar refractivity (Wildman–Crippen MR) is 94.3 cm³/mol. The fraction of sp³-hybridized carbons (Fsp3) is 0.647. The van der Waals surface area contributed by atoms with E-state index >= 15 is 0 Å². The first-order chi connectivity index (χ1) is 10.2. The van der Waals surface area contributed by atoms with Crippen LogP contribution in [-0.4, -0.2) is 14.1 Å². The molecule has 0 aromatic heterocycles. The average molecular weight is 304 g/mol. The summed E-state index contributed by atoms with van der Waals surface area (Å²) in [6.07, 6.45) is 3.04. The van der Waals surface area contributed by atoms with Gasteiger partial charge in [0.2, 0.25) is 0 Å². The molecule has 1 rings (SSSR count). The molecular formula is C17H29N3Si. The number of hydrogen-bond donors (Lipinski definition) is 0. The van der Waals surface area contributed by atoms with Crippen molar-refractivity contribution < 1.29 is 0 Å². The van der Waals surface area contributed by atoms with Crippen LogP contribution in [-0.2, 0) is 6.42 Å². The van der Waals surface area contributed by atoms with Gasteiger partial charge in [0.05, 0.1) is 8.07 Å². The van der Waals surface area contributed by atoms with Gasteiger partial charge in [-0.25, -0.2) is 0 Å². The first kappa shape index (κ1) is 17.8. The summed E-state index contributed by atoms with van der Waals surface area (Å²) in [5, 5.41) is 4.05. The second-order valence-electron chi connectivity index (χ2n) is 5.98. The predicted octanol–water partition coefficient (Wildman–Crippen LogP) is 6.20. The molecule has 0 aliphatic rings. The maximum absolute atomic E-state index is 8.80. The van der Waals surface area contributed by atoms with Crippen molar-refractivity contribution >= 4 is 8.07 Å². The normalized spacial score (nSPS) is 12.7. The van der Waals surface area contributed by atoms with Gasteiger partial charge in [0.15, 0.2) is 0 Å². The maximum atomic E-state index is 8.80. The van der Waals surface area contributed by atoms with E-state index in [0.29, 0.717) is 0 Å². The highest BCUT2D eigenvalue weighted by Crippen LogP contribution is 2.28. The minimum atomic E-state index is -1.10. The largest absolute Gasteiger partial charge is 0.0906 e. The minimum Gasteiger partial charge on any atom is -0.0906 e. The summed E-state index contributed by atoms with van der Waals surface area (Å²) in [6.45, 7) is 7.02. The van der Waals surface area contributed by atoms with Crippen LogP contribution in [0.15, 0.2) is 35.4 Å². The highest BCUT2D eigenvalue weighted by Gasteiger charge is 2.27. The number of benzene rings is 1. The molecule has 0 fully saturated rings. The van der Waals surface area contributed by atoms with E-state index in [9.17, 15) is 0 Å². The van der Waals surface area contributed by atoms with Gasteiger partial charge in [0, 0.05) is 11.0 Å². The van der Waals surface area contributed by atoms with Crippen LogP contribution in [0.4, 0.5) is 0 Å². The maximum Gasteiger partial charge on any atom is 0.0527 e. The van der Waals surface area contributed by atoms with E-state index < -0.39 is 8.07 Å². The van der Waals surface area contributed by atoms with Crippen molar-refractivity contribution in [3.63, 3.8) is 0 Å². The Kier molecular flexibility index (Phi) is 8.17. The first-order valence-electron chi connectivity index (χ1n) is 8.27. The quantitative estimate of drug-likeness (QED) is 0.214. The first-order valence-corrected chi connectivity index (χ1v) is 11.1. The van der Waals surface area contributed by atoms with Gasteiger partial charge in [-0.15, -0.1) is 0 Å². The summed E-state index contributed by atoms with van der Waals surface area (Å²) in [5.41, 5.74) is 10.1. The molecule has 0 aliphatic heterocycles. The SMILES string of the molecule is CC[Si](CC)(CC)CCC(CCc1ccccc1)N=[N+]=[N-]. The lowest BCUT2D eigenvalue weighted by Gasteiger charge is -2.29. The van der Waals surface area contributed by atoms with Gasteiger partial charge in [-0.2, -0.15) is 0 Å². The Labute approximate surface area is 130 Å². The Balaban J connectivity index is 2.55. The van der Waals surface area contributed by atoms with E-state index in [1.807, 2.05) is 6.07 Å². The molecule has 0 bridgehead atoms. The van der Waals surface area contributed by atoms with Crippen molar-refractivity contribution in [1.29, 1.82) is 0 Å². The molecule has 0 aliphatic carbocycles. The van der Waals surface area contributed by atoms with Crippen molar-refractivity contribution in [3.05, 3.63) is 46.3 Å². The third-order valence-corrected chi connectivity index (χ3v) is 10.9. The van der Waals surface area contributed by atoms with Crippen molar-refractivity contribution in [3.8, 4) is 0 Å². The Hall–Kier alpha value is -1.25. The van der Waals surface area contributed by atoms with Crippen LogP contribution < -0.4 is 0 Å². The van der Waals surface area contributed by atoms with Gasteiger partial charge in [-0.3, -0.25) is 0 Å². The molecule has 0 radical (unpaired) electrons. The molecule has 116 valence electrons. The summed E-state index contributed by atoms with van der Waals surface area (Å²) < 4.78 is 0. The molecule has 0 saturated heterocycles. The lowest BCUT2D eigenvalue weighted by atomic mass is 10.0. The molecule has 1 aromatic carbocycles. The van der Waals surface area contributed by atoms with E-state index in [4.69, 9.17) is 5.53 Å². The third-order valence-electron chi connectivity index (χ3n) is 5.08. The monoisotopic (exact) mass is 303 g/mol. The van der Waals surface area contributed by atoms with Crippen LogP contribution >= 0.6 is 0 Å². The summed E-state index contributed by atoms with van der Waals surface area (Å²) in [7, 11) is -1.10. The highest BCUT2D eigenvalue weighted by atomic mass is 28.3. The van der Waals surface area contributed by atoms with Crippen LogP contribution in [0.25, 0.3) is 10.4 Å². The van der Waals surface area contributed by atoms with Crippen LogP contribution in [0.5, 0.6) is 0 Å². The summed E-state index contributed by atoms with van der Waals surface area (Å²) in [4.78, 5) is 3.07. The third kappa shape index (κ3) is 5.94. The zero-order valence-electron chi connectivity index (χ0n) is 13.8. The fourth-order valence-electron chi connectivity index (χ4n) is 3.06. The summed E-state index contributed by atoms with van der Waals surface area (Å²) >= 11 is 0. The fourth-order valence-corrected chi connectivity index (χ4v) is 6.57. The number of hydrogen-bond acceptors (Lipinski definition) is 1. The van der Waals surface area contributed by atoms with Gasteiger partial charge < -0.3 is 0 Å². The molecule has 1 unspecified atom stereocenters. The number of rotatable bonds is 10. The van der Waals surface area contributed by atoms with Crippen LogP contribution in [0.2, 0.25) is 24.2 Å².